The molecule has 2 aromatic heterocycles. The highest BCUT2D eigenvalue weighted by molar-refractivity contribution is 7.11. The van der Waals surface area contributed by atoms with Gasteiger partial charge in [0.15, 0.2) is 5.69 Å². The highest BCUT2D eigenvalue weighted by atomic mass is 32.1. The molecule has 13 heteroatoms. The second kappa shape index (κ2) is 13.5. The van der Waals surface area contributed by atoms with E-state index in [0.717, 1.165) is 11.1 Å². The van der Waals surface area contributed by atoms with Crippen molar-refractivity contribution in [2.45, 2.75) is 53.1 Å². The lowest BCUT2D eigenvalue weighted by molar-refractivity contribution is 0.0305. The van der Waals surface area contributed by atoms with Gasteiger partial charge in [-0.2, -0.15) is 15.0 Å². The zero-order valence-corrected chi connectivity index (χ0v) is 25.8. The Morgan fingerprint density at radius 2 is 1.73 bits per heavy atom. The molecule has 0 atom stereocenters. The molecule has 0 aliphatic rings. The van der Waals surface area contributed by atoms with Gasteiger partial charge < -0.3 is 34.5 Å². The Morgan fingerprint density at radius 1 is 1.07 bits per heavy atom. The number of anilines is 2. The van der Waals surface area contributed by atoms with E-state index in [-0.39, 0.29) is 29.1 Å². The Bertz CT molecular complexity index is 1350. The highest BCUT2D eigenvalue weighted by Crippen LogP contribution is 2.34. The fourth-order valence-corrected chi connectivity index (χ4v) is 4.10. The number of carbonyl (C=O) groups excluding carboxylic acids is 2. The molecule has 222 valence electrons. The third-order valence-corrected chi connectivity index (χ3v) is 6.41. The van der Waals surface area contributed by atoms with E-state index in [1.54, 1.807) is 33.2 Å². The van der Waals surface area contributed by atoms with Crippen molar-refractivity contribution < 1.29 is 28.5 Å². The van der Waals surface area contributed by atoms with Crippen LogP contribution in [0, 0.1) is 6.92 Å². The number of methoxy groups -OCH3 is 2. The lowest BCUT2D eigenvalue weighted by Crippen LogP contribution is -2.36. The maximum atomic E-state index is 13.1. The molecule has 0 radical (unpaired) electrons. The number of hydrogen-bond acceptors (Lipinski definition) is 11. The van der Waals surface area contributed by atoms with Crippen LogP contribution in [0.4, 0.5) is 16.4 Å². The predicted molar refractivity (Wildman–Crippen MR) is 158 cm³/mol. The number of aryl methyl sites for hydroxylation is 1. The number of amides is 2. The van der Waals surface area contributed by atoms with Gasteiger partial charge in [0.1, 0.15) is 17.0 Å². The number of aromatic nitrogens is 3. The van der Waals surface area contributed by atoms with Crippen LogP contribution in [-0.2, 0) is 4.74 Å². The van der Waals surface area contributed by atoms with Crippen molar-refractivity contribution in [3.05, 3.63) is 40.4 Å². The number of ether oxygens (including phenoxy) is 4. The van der Waals surface area contributed by atoms with Crippen LogP contribution >= 0.6 is 11.3 Å². The number of thiazole rings is 1. The van der Waals surface area contributed by atoms with Crippen molar-refractivity contribution >= 4 is 35.0 Å². The van der Waals surface area contributed by atoms with Crippen molar-refractivity contribution in [2.24, 2.45) is 0 Å². The van der Waals surface area contributed by atoms with E-state index < -0.39 is 17.6 Å². The first kappa shape index (κ1) is 31.4. The number of benzene rings is 1. The molecule has 0 bridgehead atoms. The predicted octanol–water partition coefficient (Wildman–Crippen LogP) is 5.71. The normalized spacial score (nSPS) is 11.2. The maximum Gasteiger partial charge on any atom is 0.410 e. The average Bonchev–Trinajstić information content (AvgIpc) is 3.37. The summed E-state index contributed by atoms with van der Waals surface area (Å²) in [6.45, 7) is 12.2. The van der Waals surface area contributed by atoms with Gasteiger partial charge in [-0.25, -0.2) is 4.79 Å². The van der Waals surface area contributed by atoms with Crippen molar-refractivity contribution in [2.75, 3.05) is 45.0 Å². The number of rotatable bonds is 11. The van der Waals surface area contributed by atoms with Crippen molar-refractivity contribution in [1.82, 2.24) is 19.9 Å². The summed E-state index contributed by atoms with van der Waals surface area (Å²) in [5.74, 6) is 0.890. The number of carbonyl (C=O) groups is 2. The highest BCUT2D eigenvalue weighted by Gasteiger charge is 2.22. The van der Waals surface area contributed by atoms with Gasteiger partial charge in [0.05, 0.1) is 14.2 Å². The summed E-state index contributed by atoms with van der Waals surface area (Å²) < 4.78 is 22.1. The van der Waals surface area contributed by atoms with Gasteiger partial charge in [-0.1, -0.05) is 37.3 Å². The monoisotopic (exact) mass is 586 g/mol. The minimum absolute atomic E-state index is 0.0843. The van der Waals surface area contributed by atoms with E-state index in [4.69, 9.17) is 18.9 Å². The molecule has 41 heavy (non-hydrogen) atoms. The summed E-state index contributed by atoms with van der Waals surface area (Å²) in [6.07, 6.45) is -0.441. The van der Waals surface area contributed by atoms with Gasteiger partial charge in [0.2, 0.25) is 17.7 Å². The summed E-state index contributed by atoms with van der Waals surface area (Å²) in [5, 5.41) is 7.69. The van der Waals surface area contributed by atoms with Crippen LogP contribution in [0.2, 0.25) is 0 Å². The van der Waals surface area contributed by atoms with Crippen LogP contribution < -0.4 is 24.8 Å². The second-order valence-corrected chi connectivity index (χ2v) is 11.3. The molecule has 0 saturated heterocycles. The molecule has 3 aromatic rings. The standard InChI is InChI=1S/C28H38N6O6S/c1-16(2)18-11-10-17(3)20(14-18)39-26-30-19(15-41-26)22(35)31-21-23(37-8)32-25(33-24(21)38-9)29-12-13-34(7)27(36)40-28(4,5)6/h10-11,14-16H,12-13H2,1-9H3,(H,31,35)(H,29,32,33). The first-order valence-electron chi connectivity index (χ1n) is 13.0. The maximum absolute atomic E-state index is 13.1. The third kappa shape index (κ3) is 8.68. The quantitative estimate of drug-likeness (QED) is 0.288. The molecule has 0 fully saturated rings. The molecule has 3 rings (SSSR count). The van der Waals surface area contributed by atoms with Crippen LogP contribution in [0.25, 0.3) is 0 Å². The molecular weight excluding hydrogens is 548 g/mol. The fourth-order valence-electron chi connectivity index (χ4n) is 3.43. The molecular formula is C28H38N6O6S. The average molecular weight is 587 g/mol. The molecule has 0 spiro atoms. The SMILES string of the molecule is COc1nc(NCCN(C)C(=O)OC(C)(C)C)nc(OC)c1NC(=O)c1csc(Oc2cc(C(C)C)ccc2C)n1. The summed E-state index contributed by atoms with van der Waals surface area (Å²) in [7, 11) is 4.47. The minimum atomic E-state index is -0.589. The van der Waals surface area contributed by atoms with Gasteiger partial charge in [-0.15, -0.1) is 0 Å². The third-order valence-electron chi connectivity index (χ3n) is 5.70. The van der Waals surface area contributed by atoms with Crippen molar-refractivity contribution in [3.8, 4) is 22.7 Å². The smallest absolute Gasteiger partial charge is 0.410 e. The van der Waals surface area contributed by atoms with E-state index in [2.05, 4.69) is 45.5 Å². The second-order valence-electron chi connectivity index (χ2n) is 10.5. The molecule has 0 aliphatic heterocycles. The Hall–Kier alpha value is -4.13. The van der Waals surface area contributed by atoms with Crippen LogP contribution in [0.3, 0.4) is 0 Å². The Morgan fingerprint density at radius 3 is 2.32 bits per heavy atom. The zero-order valence-electron chi connectivity index (χ0n) is 24.9. The van der Waals surface area contributed by atoms with Crippen molar-refractivity contribution in [1.29, 1.82) is 0 Å². The molecule has 0 saturated carbocycles. The van der Waals surface area contributed by atoms with E-state index in [1.807, 2.05) is 19.1 Å². The lowest BCUT2D eigenvalue weighted by atomic mass is 10.0. The van der Waals surface area contributed by atoms with Crippen LogP contribution in [0.5, 0.6) is 22.7 Å². The molecule has 2 N–H and O–H groups in total. The zero-order chi connectivity index (χ0) is 30.3. The first-order chi connectivity index (χ1) is 19.3. The van der Waals surface area contributed by atoms with Gasteiger partial charge in [-0.05, 0) is 50.8 Å². The molecule has 0 aliphatic carbocycles. The topological polar surface area (TPSA) is 137 Å². The van der Waals surface area contributed by atoms with E-state index >= 15 is 0 Å². The molecule has 1 aromatic carbocycles. The van der Waals surface area contributed by atoms with E-state index in [1.165, 1.54) is 30.5 Å². The van der Waals surface area contributed by atoms with Crippen molar-refractivity contribution in [3.63, 3.8) is 0 Å². The Kier molecular flexibility index (Phi) is 10.3. The number of nitrogens with one attached hydrogen (secondary N) is 2. The van der Waals surface area contributed by atoms with Gasteiger partial charge >= 0.3 is 6.09 Å². The van der Waals surface area contributed by atoms with Crippen LogP contribution in [-0.4, -0.2) is 71.8 Å². The minimum Gasteiger partial charge on any atom is -0.479 e. The Labute approximate surface area is 244 Å². The summed E-state index contributed by atoms with van der Waals surface area (Å²) in [6, 6.07) is 6.06. The van der Waals surface area contributed by atoms with E-state index in [0.29, 0.717) is 30.0 Å². The largest absolute Gasteiger partial charge is 0.479 e. The number of nitrogens with zero attached hydrogens (tertiary/aromatic N) is 4. The first-order valence-corrected chi connectivity index (χ1v) is 13.9. The van der Waals surface area contributed by atoms with Gasteiger partial charge in [-0.3, -0.25) is 4.79 Å². The molecule has 12 nitrogen and oxygen atoms in total. The Balaban J connectivity index is 1.69. The number of hydrogen-bond donors (Lipinski definition) is 2. The summed E-state index contributed by atoms with van der Waals surface area (Å²) >= 11 is 1.21. The summed E-state index contributed by atoms with van der Waals surface area (Å²) in [4.78, 5) is 39.7. The molecule has 0 unspecified atom stereocenters. The van der Waals surface area contributed by atoms with Gasteiger partial charge in [0, 0.05) is 25.5 Å². The van der Waals surface area contributed by atoms with E-state index in [9.17, 15) is 9.59 Å². The lowest BCUT2D eigenvalue weighted by Gasteiger charge is -2.24. The number of likely N-dealkylation sites (N-methyl/N-ethyl adjacent to an activating group) is 1. The fraction of sp³-hybridized carbons (Fsp3) is 0.464. The van der Waals surface area contributed by atoms with Gasteiger partial charge in [0.25, 0.3) is 11.1 Å². The van der Waals surface area contributed by atoms with Crippen LogP contribution in [0.1, 0.15) is 62.2 Å². The molecule has 2 amide bonds. The molecule has 2 heterocycles. The van der Waals surface area contributed by atoms with Crippen LogP contribution in [0.15, 0.2) is 23.6 Å². The summed E-state index contributed by atoms with van der Waals surface area (Å²) in [5.41, 5.74) is 1.82.